The molecular weight excluding hydrogens is 368 g/mol. The van der Waals surface area contributed by atoms with Crippen LogP contribution in [0.4, 0.5) is 5.82 Å². The van der Waals surface area contributed by atoms with Crippen molar-refractivity contribution in [1.82, 2.24) is 14.8 Å². The number of ether oxygens (including phenoxy) is 2. The van der Waals surface area contributed by atoms with Gasteiger partial charge in [-0.3, -0.25) is 4.79 Å². The van der Waals surface area contributed by atoms with Crippen LogP contribution in [0.15, 0.2) is 42.5 Å². The lowest BCUT2D eigenvalue weighted by Crippen LogP contribution is -2.13. The fraction of sp³-hybridized carbons (Fsp3) is 0.227. The van der Waals surface area contributed by atoms with E-state index in [1.165, 1.54) is 0 Å². The zero-order valence-electron chi connectivity index (χ0n) is 16.8. The van der Waals surface area contributed by atoms with Crippen molar-refractivity contribution in [1.29, 1.82) is 0 Å². The van der Waals surface area contributed by atoms with Crippen molar-refractivity contribution in [3.8, 4) is 11.5 Å². The van der Waals surface area contributed by atoms with Crippen LogP contribution in [0, 0.1) is 6.92 Å². The van der Waals surface area contributed by atoms with Gasteiger partial charge < -0.3 is 14.8 Å². The molecule has 0 aliphatic rings. The number of nitrogens with zero attached hydrogens (tertiary/aromatic N) is 3. The van der Waals surface area contributed by atoms with E-state index < -0.39 is 0 Å². The van der Waals surface area contributed by atoms with E-state index in [2.05, 4.69) is 10.4 Å². The Morgan fingerprint density at radius 2 is 1.79 bits per heavy atom. The van der Waals surface area contributed by atoms with Crippen LogP contribution in [0.1, 0.15) is 22.8 Å². The molecule has 0 aliphatic heterocycles. The summed E-state index contributed by atoms with van der Waals surface area (Å²) in [5.41, 5.74) is 3.21. The molecule has 4 aromatic rings. The fourth-order valence-electron chi connectivity index (χ4n) is 3.29. The molecule has 0 fully saturated rings. The van der Waals surface area contributed by atoms with Gasteiger partial charge in [0.2, 0.25) is 0 Å². The Balaban J connectivity index is 1.78. The molecule has 2 aromatic heterocycles. The van der Waals surface area contributed by atoms with Gasteiger partial charge in [0.1, 0.15) is 11.5 Å². The number of aryl methyl sites for hydroxylation is 2. The summed E-state index contributed by atoms with van der Waals surface area (Å²) in [6, 6.07) is 13.2. The first-order valence-electron chi connectivity index (χ1n) is 9.34. The molecule has 148 valence electrons. The summed E-state index contributed by atoms with van der Waals surface area (Å²) >= 11 is 0. The van der Waals surface area contributed by atoms with Crippen molar-refractivity contribution in [2.45, 2.75) is 20.4 Å². The summed E-state index contributed by atoms with van der Waals surface area (Å²) in [5, 5.41) is 9.27. The third-order valence-electron chi connectivity index (χ3n) is 4.82. The quantitative estimate of drug-likeness (QED) is 0.553. The van der Waals surface area contributed by atoms with Gasteiger partial charge >= 0.3 is 0 Å². The lowest BCUT2D eigenvalue weighted by molar-refractivity contribution is 0.102. The molecule has 0 aliphatic carbocycles. The molecule has 29 heavy (non-hydrogen) atoms. The first-order chi connectivity index (χ1) is 14.0. The van der Waals surface area contributed by atoms with E-state index in [1.54, 1.807) is 37.1 Å². The number of methoxy groups -OCH3 is 2. The molecule has 0 saturated carbocycles. The lowest BCUT2D eigenvalue weighted by atomic mass is 10.1. The van der Waals surface area contributed by atoms with Crippen LogP contribution in [0.3, 0.4) is 0 Å². The maximum atomic E-state index is 12.9. The molecule has 0 bridgehead atoms. The number of carbonyl (C=O) groups excluding carboxylic acids is 1. The molecule has 7 nitrogen and oxygen atoms in total. The number of benzene rings is 2. The number of nitrogens with one attached hydrogen (secondary N) is 1. The van der Waals surface area contributed by atoms with E-state index in [1.807, 2.05) is 38.1 Å². The molecule has 1 amide bonds. The fourth-order valence-corrected chi connectivity index (χ4v) is 3.29. The van der Waals surface area contributed by atoms with Crippen LogP contribution in [0.25, 0.3) is 21.9 Å². The van der Waals surface area contributed by atoms with Gasteiger partial charge in [-0.1, -0.05) is 12.1 Å². The minimum absolute atomic E-state index is 0.297. The number of rotatable bonds is 5. The number of pyridine rings is 1. The van der Waals surface area contributed by atoms with Crippen molar-refractivity contribution in [3.05, 3.63) is 53.6 Å². The van der Waals surface area contributed by atoms with E-state index in [4.69, 9.17) is 14.5 Å². The predicted molar refractivity (Wildman–Crippen MR) is 113 cm³/mol. The molecule has 0 radical (unpaired) electrons. The first-order valence-corrected chi connectivity index (χ1v) is 9.34. The average Bonchev–Trinajstić information content (AvgIpc) is 3.07. The zero-order chi connectivity index (χ0) is 20.5. The number of amides is 1. The molecule has 0 spiro atoms. The van der Waals surface area contributed by atoms with Gasteiger partial charge in [-0.05, 0) is 43.7 Å². The molecule has 1 N–H and O–H groups in total. The van der Waals surface area contributed by atoms with Crippen LogP contribution in [0.5, 0.6) is 11.5 Å². The van der Waals surface area contributed by atoms with Gasteiger partial charge in [0.15, 0.2) is 11.5 Å². The monoisotopic (exact) mass is 390 g/mol. The Hall–Kier alpha value is -3.61. The summed E-state index contributed by atoms with van der Waals surface area (Å²) < 4.78 is 12.3. The van der Waals surface area contributed by atoms with Gasteiger partial charge in [0.25, 0.3) is 5.91 Å². The normalized spacial score (nSPS) is 11.0. The third-order valence-corrected chi connectivity index (χ3v) is 4.82. The Morgan fingerprint density at radius 3 is 2.45 bits per heavy atom. The highest BCUT2D eigenvalue weighted by atomic mass is 16.5. The summed E-state index contributed by atoms with van der Waals surface area (Å²) in [4.78, 5) is 17.7. The van der Waals surface area contributed by atoms with Gasteiger partial charge in [-0.15, -0.1) is 0 Å². The van der Waals surface area contributed by atoms with E-state index in [-0.39, 0.29) is 5.91 Å². The van der Waals surface area contributed by atoms with Crippen LogP contribution in [-0.4, -0.2) is 34.9 Å². The minimum atomic E-state index is -0.297. The molecule has 7 heteroatoms. The average molecular weight is 390 g/mol. The summed E-state index contributed by atoms with van der Waals surface area (Å²) in [7, 11) is 3.09. The van der Waals surface area contributed by atoms with Crippen molar-refractivity contribution >= 4 is 33.7 Å². The van der Waals surface area contributed by atoms with Crippen LogP contribution in [-0.2, 0) is 6.54 Å². The van der Waals surface area contributed by atoms with Crippen molar-refractivity contribution < 1.29 is 14.3 Å². The van der Waals surface area contributed by atoms with Crippen molar-refractivity contribution in [2.24, 2.45) is 0 Å². The van der Waals surface area contributed by atoms with Gasteiger partial charge in [0.05, 0.1) is 25.1 Å². The molecule has 0 saturated heterocycles. The second kappa shape index (κ2) is 7.43. The molecule has 0 atom stereocenters. The highest BCUT2D eigenvalue weighted by Crippen LogP contribution is 2.28. The summed E-state index contributed by atoms with van der Waals surface area (Å²) in [6.07, 6.45) is 0. The smallest absolute Gasteiger partial charge is 0.257 e. The predicted octanol–water partition coefficient (Wildman–Crippen LogP) is 4.18. The summed E-state index contributed by atoms with van der Waals surface area (Å²) in [6.45, 7) is 4.67. The zero-order valence-corrected chi connectivity index (χ0v) is 16.8. The van der Waals surface area contributed by atoms with E-state index in [0.717, 1.165) is 27.5 Å². The van der Waals surface area contributed by atoms with Crippen LogP contribution in [0.2, 0.25) is 0 Å². The number of anilines is 1. The number of aromatic nitrogens is 3. The van der Waals surface area contributed by atoms with Crippen molar-refractivity contribution in [2.75, 3.05) is 19.5 Å². The van der Waals surface area contributed by atoms with E-state index in [9.17, 15) is 4.79 Å². The first kappa shape index (κ1) is 18.7. The van der Waals surface area contributed by atoms with Gasteiger partial charge in [0, 0.05) is 23.6 Å². The molecule has 0 unspecified atom stereocenters. The van der Waals surface area contributed by atoms with Gasteiger partial charge in [-0.25, -0.2) is 9.67 Å². The number of fused-ring (bicyclic) bond motifs is 2. The Labute approximate surface area is 168 Å². The highest BCUT2D eigenvalue weighted by Gasteiger charge is 2.17. The molecule has 2 aromatic carbocycles. The van der Waals surface area contributed by atoms with Crippen LogP contribution >= 0.6 is 0 Å². The van der Waals surface area contributed by atoms with E-state index in [0.29, 0.717) is 29.4 Å². The second-order valence-electron chi connectivity index (χ2n) is 6.78. The number of hydrogen-bond acceptors (Lipinski definition) is 5. The standard InChI is InChI=1S/C22H22N4O3/c1-5-26-21-18(11-14-7-6-13(2)8-19(14)23-21)20(25-26)24-22(27)15-9-16(28-3)12-17(10-15)29-4/h6-12H,5H2,1-4H3,(H,24,25,27). The topological polar surface area (TPSA) is 78.3 Å². The maximum Gasteiger partial charge on any atom is 0.257 e. The Morgan fingerprint density at radius 1 is 1.07 bits per heavy atom. The maximum absolute atomic E-state index is 12.9. The van der Waals surface area contributed by atoms with Gasteiger partial charge in [-0.2, -0.15) is 5.10 Å². The molecule has 4 rings (SSSR count). The molecular formula is C22H22N4O3. The van der Waals surface area contributed by atoms with Crippen LogP contribution < -0.4 is 14.8 Å². The summed E-state index contributed by atoms with van der Waals surface area (Å²) in [5.74, 6) is 1.26. The van der Waals surface area contributed by atoms with Crippen molar-refractivity contribution in [3.63, 3.8) is 0 Å². The second-order valence-corrected chi connectivity index (χ2v) is 6.78. The molecule has 2 heterocycles. The lowest BCUT2D eigenvalue weighted by Gasteiger charge is -2.08. The SMILES string of the molecule is CCn1nc(NC(=O)c2cc(OC)cc(OC)c2)c2cc3ccc(C)cc3nc21. The Kier molecular flexibility index (Phi) is 4.80. The van der Waals surface area contributed by atoms with E-state index >= 15 is 0 Å². The Bertz CT molecular complexity index is 1210. The minimum Gasteiger partial charge on any atom is -0.497 e. The highest BCUT2D eigenvalue weighted by molar-refractivity contribution is 6.09. The number of carbonyl (C=O) groups is 1. The number of hydrogen-bond donors (Lipinski definition) is 1. The third kappa shape index (κ3) is 3.47. The largest absolute Gasteiger partial charge is 0.497 e.